The molecule has 2 heterocycles. The third kappa shape index (κ3) is 4.75. The van der Waals surface area contributed by atoms with Crippen LogP contribution in [0.2, 0.25) is 0 Å². The first-order valence-corrected chi connectivity index (χ1v) is 9.81. The topological polar surface area (TPSA) is 48.7 Å². The zero-order valence-electron chi connectivity index (χ0n) is 16.1. The van der Waals surface area contributed by atoms with E-state index < -0.39 is 0 Å². The van der Waals surface area contributed by atoms with E-state index in [0.29, 0.717) is 5.92 Å². The van der Waals surface area contributed by atoms with E-state index in [1.165, 1.54) is 44.1 Å². The fraction of sp³-hybridized carbons (Fsp3) is 0.789. The molecule has 1 unspecified atom stereocenters. The third-order valence-corrected chi connectivity index (χ3v) is 5.84. The maximum Gasteiger partial charge on any atom is 0.193 e. The molecule has 1 N–H and O–H groups in total. The molecule has 0 spiro atoms. The molecule has 6 nitrogen and oxygen atoms in total. The molecule has 1 aromatic rings. The molecule has 0 bridgehead atoms. The van der Waals surface area contributed by atoms with Gasteiger partial charge in [-0.05, 0) is 31.9 Å². The van der Waals surface area contributed by atoms with Gasteiger partial charge in [-0.1, -0.05) is 19.3 Å². The van der Waals surface area contributed by atoms with Crippen molar-refractivity contribution in [2.45, 2.75) is 50.5 Å². The highest BCUT2D eigenvalue weighted by molar-refractivity contribution is 5.80. The summed E-state index contributed by atoms with van der Waals surface area (Å²) >= 11 is 0. The molecule has 0 aromatic carbocycles. The van der Waals surface area contributed by atoms with E-state index in [1.807, 2.05) is 25.0 Å². The van der Waals surface area contributed by atoms with Crippen LogP contribution in [-0.2, 0) is 7.05 Å². The van der Waals surface area contributed by atoms with Gasteiger partial charge in [0.2, 0.25) is 0 Å². The van der Waals surface area contributed by atoms with Gasteiger partial charge < -0.3 is 15.1 Å². The lowest BCUT2D eigenvalue weighted by Gasteiger charge is -2.31. The van der Waals surface area contributed by atoms with Crippen molar-refractivity contribution in [2.24, 2.45) is 12.0 Å². The van der Waals surface area contributed by atoms with Crippen LogP contribution < -0.4 is 5.32 Å². The molecule has 1 saturated heterocycles. The van der Waals surface area contributed by atoms with E-state index in [-0.39, 0.29) is 0 Å². The quantitative estimate of drug-likeness (QED) is 0.655. The standard InChI is InChI=1S/C19H34N6/c1-20-19(21-10-12-23(2)18-7-5-4-6-8-18)25-11-9-16(15-25)17-13-22-24(3)14-17/h13-14,16,18H,4-12,15H2,1-3H3,(H,20,21). The lowest BCUT2D eigenvalue weighted by Crippen LogP contribution is -2.44. The number of hydrogen-bond acceptors (Lipinski definition) is 3. The summed E-state index contributed by atoms with van der Waals surface area (Å²) in [7, 11) is 6.15. The molecule has 1 aromatic heterocycles. The number of aromatic nitrogens is 2. The minimum Gasteiger partial charge on any atom is -0.355 e. The van der Waals surface area contributed by atoms with Crippen LogP contribution in [0.5, 0.6) is 0 Å². The number of aliphatic imine (C=N–C) groups is 1. The minimum atomic E-state index is 0.567. The predicted octanol–water partition coefficient (Wildman–Crippen LogP) is 2.05. The van der Waals surface area contributed by atoms with Gasteiger partial charge in [0.15, 0.2) is 5.96 Å². The molecule has 140 valence electrons. The van der Waals surface area contributed by atoms with Crippen molar-refractivity contribution in [1.29, 1.82) is 0 Å². The Bertz CT molecular complexity index is 560. The van der Waals surface area contributed by atoms with E-state index >= 15 is 0 Å². The fourth-order valence-electron chi connectivity index (χ4n) is 4.26. The van der Waals surface area contributed by atoms with Gasteiger partial charge >= 0.3 is 0 Å². The highest BCUT2D eigenvalue weighted by atomic mass is 15.3. The normalized spacial score (nSPS) is 22.8. The molecule has 3 rings (SSSR count). The molecule has 0 radical (unpaired) electrons. The fourth-order valence-corrected chi connectivity index (χ4v) is 4.26. The van der Waals surface area contributed by atoms with E-state index in [2.05, 4.69) is 38.5 Å². The van der Waals surface area contributed by atoms with Gasteiger partial charge in [-0.25, -0.2) is 0 Å². The summed E-state index contributed by atoms with van der Waals surface area (Å²) in [4.78, 5) is 9.42. The van der Waals surface area contributed by atoms with Gasteiger partial charge in [0.25, 0.3) is 0 Å². The summed E-state index contributed by atoms with van der Waals surface area (Å²) in [6, 6.07) is 0.777. The zero-order valence-corrected chi connectivity index (χ0v) is 16.1. The van der Waals surface area contributed by atoms with Crippen LogP contribution in [0.3, 0.4) is 0 Å². The van der Waals surface area contributed by atoms with Crippen LogP contribution in [0.4, 0.5) is 0 Å². The number of aryl methyl sites for hydroxylation is 1. The molecule has 0 amide bonds. The maximum absolute atomic E-state index is 4.50. The Balaban J connectivity index is 1.43. The van der Waals surface area contributed by atoms with Crippen LogP contribution in [-0.4, -0.2) is 71.9 Å². The molecule has 6 heteroatoms. The lowest BCUT2D eigenvalue weighted by molar-refractivity contribution is 0.194. The zero-order chi connectivity index (χ0) is 17.6. The van der Waals surface area contributed by atoms with Crippen molar-refractivity contribution in [3.8, 4) is 0 Å². The summed E-state index contributed by atoms with van der Waals surface area (Å²) in [5, 5.41) is 7.88. The first-order chi connectivity index (χ1) is 12.2. The number of nitrogens with one attached hydrogen (secondary N) is 1. The van der Waals surface area contributed by atoms with Gasteiger partial charge in [0.1, 0.15) is 0 Å². The summed E-state index contributed by atoms with van der Waals surface area (Å²) in [5.74, 6) is 1.61. The van der Waals surface area contributed by atoms with E-state index in [4.69, 9.17) is 0 Å². The van der Waals surface area contributed by atoms with Crippen LogP contribution >= 0.6 is 0 Å². The van der Waals surface area contributed by atoms with Crippen LogP contribution in [0.25, 0.3) is 0 Å². The second kappa shape index (κ2) is 8.70. The molecule has 1 aliphatic heterocycles. The monoisotopic (exact) mass is 346 g/mol. The van der Waals surface area contributed by atoms with Crippen LogP contribution in [0.15, 0.2) is 17.4 Å². The number of likely N-dealkylation sites (tertiary alicyclic amines) is 1. The molecule has 1 atom stereocenters. The molecule has 1 aliphatic carbocycles. The summed E-state index contributed by atoms with van der Waals surface area (Å²) < 4.78 is 1.90. The van der Waals surface area contributed by atoms with Crippen molar-refractivity contribution < 1.29 is 0 Å². The molecular formula is C19H34N6. The Hall–Kier alpha value is -1.56. The Labute approximate surface area is 152 Å². The predicted molar refractivity (Wildman–Crippen MR) is 103 cm³/mol. The van der Waals surface area contributed by atoms with Gasteiger partial charge in [0.05, 0.1) is 6.20 Å². The maximum atomic E-state index is 4.50. The van der Waals surface area contributed by atoms with Gasteiger partial charge in [0, 0.05) is 58.4 Å². The molecular weight excluding hydrogens is 312 g/mol. The lowest BCUT2D eigenvalue weighted by atomic mass is 9.94. The van der Waals surface area contributed by atoms with Crippen LogP contribution in [0, 0.1) is 0 Å². The van der Waals surface area contributed by atoms with Crippen molar-refractivity contribution >= 4 is 5.96 Å². The van der Waals surface area contributed by atoms with E-state index in [0.717, 1.165) is 38.2 Å². The summed E-state index contributed by atoms with van der Waals surface area (Å²) in [6.07, 6.45) is 12.3. The minimum absolute atomic E-state index is 0.567. The van der Waals surface area contributed by atoms with Crippen molar-refractivity contribution in [3.05, 3.63) is 18.0 Å². The number of likely N-dealkylation sites (N-methyl/N-ethyl adjacent to an activating group) is 1. The van der Waals surface area contributed by atoms with E-state index in [9.17, 15) is 0 Å². The molecule has 25 heavy (non-hydrogen) atoms. The Kier molecular flexibility index (Phi) is 6.34. The van der Waals surface area contributed by atoms with Crippen molar-refractivity contribution in [3.63, 3.8) is 0 Å². The Morgan fingerprint density at radius 2 is 2.12 bits per heavy atom. The summed E-state index contributed by atoms with van der Waals surface area (Å²) in [5.41, 5.74) is 1.34. The largest absolute Gasteiger partial charge is 0.355 e. The second-order valence-electron chi connectivity index (χ2n) is 7.63. The van der Waals surface area contributed by atoms with Crippen LogP contribution in [0.1, 0.15) is 50.0 Å². The van der Waals surface area contributed by atoms with E-state index in [1.54, 1.807) is 0 Å². The Morgan fingerprint density at radius 1 is 1.32 bits per heavy atom. The SMILES string of the molecule is CN=C(NCCN(C)C1CCCCC1)N1CCC(c2cnn(C)c2)C1. The molecule has 2 aliphatic rings. The van der Waals surface area contributed by atoms with Crippen molar-refractivity contribution in [1.82, 2.24) is 24.9 Å². The van der Waals surface area contributed by atoms with Gasteiger partial charge in [-0.3, -0.25) is 9.67 Å². The number of guanidine groups is 1. The molecule has 1 saturated carbocycles. The average molecular weight is 347 g/mol. The highest BCUT2D eigenvalue weighted by Crippen LogP contribution is 2.26. The number of hydrogen-bond donors (Lipinski definition) is 1. The first-order valence-electron chi connectivity index (χ1n) is 9.81. The smallest absolute Gasteiger partial charge is 0.193 e. The average Bonchev–Trinajstić information content (AvgIpc) is 3.28. The first kappa shape index (κ1) is 18.2. The molecule has 2 fully saturated rings. The second-order valence-corrected chi connectivity index (χ2v) is 7.63. The van der Waals surface area contributed by atoms with Gasteiger partial charge in [-0.2, -0.15) is 5.10 Å². The number of rotatable bonds is 5. The van der Waals surface area contributed by atoms with Gasteiger partial charge in [-0.15, -0.1) is 0 Å². The third-order valence-electron chi connectivity index (χ3n) is 5.84. The number of nitrogens with zero attached hydrogens (tertiary/aromatic N) is 5. The van der Waals surface area contributed by atoms with Crippen molar-refractivity contribution in [2.75, 3.05) is 40.3 Å². The highest BCUT2D eigenvalue weighted by Gasteiger charge is 2.27. The Morgan fingerprint density at radius 3 is 2.80 bits per heavy atom. The summed E-state index contributed by atoms with van der Waals surface area (Å²) in [6.45, 7) is 4.15.